The van der Waals surface area contributed by atoms with E-state index >= 15 is 0 Å². The summed E-state index contributed by atoms with van der Waals surface area (Å²) in [5.41, 5.74) is 0.560. The van der Waals surface area contributed by atoms with E-state index in [1.54, 1.807) is 36.5 Å². The number of amides is 1. The second-order valence-corrected chi connectivity index (χ2v) is 4.60. The number of hydrogen-bond acceptors (Lipinski definition) is 4. The van der Waals surface area contributed by atoms with E-state index in [0.717, 1.165) is 6.42 Å². The molecule has 1 heterocycles. The van der Waals surface area contributed by atoms with E-state index in [-0.39, 0.29) is 5.91 Å². The molecule has 0 saturated carbocycles. The molecule has 0 aliphatic rings. The maximum atomic E-state index is 12.1. The standard InChI is InChI=1S/C17H20N2O3/c1-2-21-12-6-11-19-17(20)14-7-5-8-15(13-14)22-16-9-3-4-10-18-16/h3-5,7-10,13H,2,6,11-12H2,1H3,(H,19,20). The number of hydrogen-bond donors (Lipinski definition) is 1. The molecule has 116 valence electrons. The summed E-state index contributed by atoms with van der Waals surface area (Å²) in [6.45, 7) is 3.89. The van der Waals surface area contributed by atoms with Gasteiger partial charge in [0.15, 0.2) is 0 Å². The lowest BCUT2D eigenvalue weighted by atomic mass is 10.2. The van der Waals surface area contributed by atoms with Crippen molar-refractivity contribution in [1.82, 2.24) is 10.3 Å². The van der Waals surface area contributed by atoms with E-state index in [9.17, 15) is 4.79 Å². The van der Waals surface area contributed by atoms with Crippen molar-refractivity contribution in [2.24, 2.45) is 0 Å². The van der Waals surface area contributed by atoms with Crippen LogP contribution in [0.2, 0.25) is 0 Å². The molecule has 0 aliphatic carbocycles. The van der Waals surface area contributed by atoms with Gasteiger partial charge < -0.3 is 14.8 Å². The summed E-state index contributed by atoms with van der Waals surface area (Å²) < 4.78 is 10.8. The van der Waals surface area contributed by atoms with Crippen LogP contribution in [0.3, 0.4) is 0 Å². The van der Waals surface area contributed by atoms with Crippen molar-refractivity contribution in [1.29, 1.82) is 0 Å². The van der Waals surface area contributed by atoms with Gasteiger partial charge in [-0.3, -0.25) is 4.79 Å². The van der Waals surface area contributed by atoms with Gasteiger partial charge in [0.25, 0.3) is 5.91 Å². The number of carbonyl (C=O) groups is 1. The first-order valence-electron chi connectivity index (χ1n) is 7.34. The number of rotatable bonds is 8. The Labute approximate surface area is 130 Å². The highest BCUT2D eigenvalue weighted by Crippen LogP contribution is 2.19. The van der Waals surface area contributed by atoms with Crippen LogP contribution in [0.25, 0.3) is 0 Å². The van der Waals surface area contributed by atoms with Gasteiger partial charge in [0.2, 0.25) is 5.88 Å². The topological polar surface area (TPSA) is 60.5 Å². The minimum Gasteiger partial charge on any atom is -0.439 e. The fraction of sp³-hybridized carbons (Fsp3) is 0.294. The van der Waals surface area contributed by atoms with Gasteiger partial charge in [0.05, 0.1) is 0 Å². The van der Waals surface area contributed by atoms with Gasteiger partial charge >= 0.3 is 0 Å². The molecular formula is C17H20N2O3. The number of nitrogens with zero attached hydrogens (tertiary/aromatic N) is 1. The first-order chi connectivity index (χ1) is 10.8. The Hall–Kier alpha value is -2.40. The molecule has 0 bridgehead atoms. The van der Waals surface area contributed by atoms with Crippen LogP contribution in [0.4, 0.5) is 0 Å². The lowest BCUT2D eigenvalue weighted by molar-refractivity contribution is 0.0944. The Kier molecular flexibility index (Phi) is 6.39. The summed E-state index contributed by atoms with van der Waals surface area (Å²) in [4.78, 5) is 16.1. The second kappa shape index (κ2) is 8.79. The molecule has 0 atom stereocenters. The fourth-order valence-electron chi connectivity index (χ4n) is 1.85. The average molecular weight is 300 g/mol. The van der Waals surface area contributed by atoms with E-state index in [2.05, 4.69) is 10.3 Å². The largest absolute Gasteiger partial charge is 0.439 e. The predicted molar refractivity (Wildman–Crippen MR) is 84.2 cm³/mol. The number of pyridine rings is 1. The van der Waals surface area contributed by atoms with Crippen LogP contribution < -0.4 is 10.1 Å². The zero-order valence-electron chi connectivity index (χ0n) is 12.6. The Bertz CT molecular complexity index is 587. The Morgan fingerprint density at radius 2 is 2.14 bits per heavy atom. The molecular weight excluding hydrogens is 280 g/mol. The quantitative estimate of drug-likeness (QED) is 0.761. The first kappa shape index (κ1) is 16.0. The molecule has 1 N–H and O–H groups in total. The van der Waals surface area contributed by atoms with Crippen LogP contribution in [0.5, 0.6) is 11.6 Å². The lowest BCUT2D eigenvalue weighted by Gasteiger charge is -2.08. The van der Waals surface area contributed by atoms with Crippen molar-refractivity contribution in [2.75, 3.05) is 19.8 Å². The van der Waals surface area contributed by atoms with Gasteiger partial charge in [-0.05, 0) is 37.6 Å². The molecule has 5 heteroatoms. The van der Waals surface area contributed by atoms with Crippen LogP contribution in [-0.4, -0.2) is 30.6 Å². The van der Waals surface area contributed by atoms with Gasteiger partial charge in [-0.1, -0.05) is 12.1 Å². The smallest absolute Gasteiger partial charge is 0.251 e. The fourth-order valence-corrected chi connectivity index (χ4v) is 1.85. The second-order valence-electron chi connectivity index (χ2n) is 4.60. The van der Waals surface area contributed by atoms with Crippen LogP contribution in [0, 0.1) is 0 Å². The maximum absolute atomic E-state index is 12.1. The zero-order valence-corrected chi connectivity index (χ0v) is 12.6. The SMILES string of the molecule is CCOCCCNC(=O)c1cccc(Oc2ccccn2)c1. The van der Waals surface area contributed by atoms with Crippen LogP contribution in [0.1, 0.15) is 23.7 Å². The third-order valence-electron chi connectivity index (χ3n) is 2.91. The summed E-state index contributed by atoms with van der Waals surface area (Å²) >= 11 is 0. The maximum Gasteiger partial charge on any atom is 0.251 e. The van der Waals surface area contributed by atoms with E-state index < -0.39 is 0 Å². The van der Waals surface area contributed by atoms with Gasteiger partial charge in [0, 0.05) is 37.6 Å². The van der Waals surface area contributed by atoms with E-state index in [1.807, 2.05) is 19.1 Å². The molecule has 1 amide bonds. The number of ether oxygens (including phenoxy) is 2. The molecule has 0 fully saturated rings. The number of aromatic nitrogens is 1. The molecule has 0 unspecified atom stereocenters. The molecule has 0 aliphatic heterocycles. The molecule has 0 spiro atoms. The molecule has 0 radical (unpaired) electrons. The van der Waals surface area contributed by atoms with Crippen molar-refractivity contribution < 1.29 is 14.3 Å². The van der Waals surface area contributed by atoms with Gasteiger partial charge in [-0.15, -0.1) is 0 Å². The minimum atomic E-state index is -0.122. The van der Waals surface area contributed by atoms with Gasteiger partial charge in [-0.2, -0.15) is 0 Å². The van der Waals surface area contributed by atoms with Crippen molar-refractivity contribution >= 4 is 5.91 Å². The Balaban J connectivity index is 1.89. The summed E-state index contributed by atoms with van der Waals surface area (Å²) in [7, 11) is 0. The van der Waals surface area contributed by atoms with E-state index in [4.69, 9.17) is 9.47 Å². The molecule has 22 heavy (non-hydrogen) atoms. The number of benzene rings is 1. The number of nitrogens with one attached hydrogen (secondary N) is 1. The number of carbonyl (C=O) groups excluding carboxylic acids is 1. The Morgan fingerprint density at radius 1 is 1.23 bits per heavy atom. The highest BCUT2D eigenvalue weighted by molar-refractivity contribution is 5.94. The van der Waals surface area contributed by atoms with E-state index in [1.165, 1.54) is 0 Å². The molecule has 0 saturated heterocycles. The van der Waals surface area contributed by atoms with Crippen LogP contribution in [0.15, 0.2) is 48.7 Å². The normalized spacial score (nSPS) is 10.2. The van der Waals surface area contributed by atoms with Crippen molar-refractivity contribution in [3.63, 3.8) is 0 Å². The molecule has 2 aromatic rings. The molecule has 2 rings (SSSR count). The van der Waals surface area contributed by atoms with Crippen molar-refractivity contribution in [2.45, 2.75) is 13.3 Å². The lowest BCUT2D eigenvalue weighted by Crippen LogP contribution is -2.25. The summed E-state index contributed by atoms with van der Waals surface area (Å²) in [5, 5.41) is 2.86. The van der Waals surface area contributed by atoms with Crippen molar-refractivity contribution in [3.8, 4) is 11.6 Å². The molecule has 1 aromatic heterocycles. The van der Waals surface area contributed by atoms with Crippen molar-refractivity contribution in [3.05, 3.63) is 54.2 Å². The molecule has 1 aromatic carbocycles. The van der Waals surface area contributed by atoms with Gasteiger partial charge in [-0.25, -0.2) is 4.98 Å². The minimum absolute atomic E-state index is 0.122. The van der Waals surface area contributed by atoms with Gasteiger partial charge in [0.1, 0.15) is 5.75 Å². The molecule has 5 nitrogen and oxygen atoms in total. The zero-order chi connectivity index (χ0) is 15.6. The highest BCUT2D eigenvalue weighted by Gasteiger charge is 2.07. The predicted octanol–water partition coefficient (Wildman–Crippen LogP) is 3.03. The first-order valence-corrected chi connectivity index (χ1v) is 7.34. The average Bonchev–Trinajstić information content (AvgIpc) is 2.56. The summed E-state index contributed by atoms with van der Waals surface area (Å²) in [5.74, 6) is 0.959. The third-order valence-corrected chi connectivity index (χ3v) is 2.91. The monoisotopic (exact) mass is 300 g/mol. The summed E-state index contributed by atoms with van der Waals surface area (Å²) in [6, 6.07) is 12.5. The third kappa shape index (κ3) is 5.18. The van der Waals surface area contributed by atoms with E-state index in [0.29, 0.717) is 37.0 Å². The van der Waals surface area contributed by atoms with Crippen LogP contribution in [-0.2, 0) is 4.74 Å². The highest BCUT2D eigenvalue weighted by atomic mass is 16.5. The van der Waals surface area contributed by atoms with Crippen LogP contribution >= 0.6 is 0 Å². The Morgan fingerprint density at radius 3 is 2.91 bits per heavy atom. The summed E-state index contributed by atoms with van der Waals surface area (Å²) in [6.07, 6.45) is 2.45.